The number of aryl methyl sites for hydroxylation is 1. The number of nitrogens with zero attached hydrogens (tertiary/aromatic N) is 2. The number of hydrogen-bond donors (Lipinski definition) is 1. The predicted molar refractivity (Wildman–Crippen MR) is 88.6 cm³/mol. The van der Waals surface area contributed by atoms with Crippen LogP contribution in [-0.4, -0.2) is 29.1 Å². The number of hydrogen-bond acceptors (Lipinski definition) is 4. The van der Waals surface area contributed by atoms with Crippen LogP contribution in [0.4, 0.5) is 5.69 Å². The topological polar surface area (TPSA) is 64.1 Å². The van der Waals surface area contributed by atoms with Gasteiger partial charge >= 0.3 is 0 Å². The van der Waals surface area contributed by atoms with Crippen molar-refractivity contribution in [3.05, 3.63) is 53.6 Å². The molecule has 2 heterocycles. The summed E-state index contributed by atoms with van der Waals surface area (Å²) >= 11 is 0. The van der Waals surface area contributed by atoms with Gasteiger partial charge < -0.3 is 10.1 Å². The van der Waals surface area contributed by atoms with Gasteiger partial charge in [-0.3, -0.25) is 4.79 Å². The summed E-state index contributed by atoms with van der Waals surface area (Å²) < 4.78 is 5.38. The number of benzene rings is 1. The van der Waals surface area contributed by atoms with Gasteiger partial charge in [0.15, 0.2) is 0 Å². The summed E-state index contributed by atoms with van der Waals surface area (Å²) in [5.74, 6) is 0.155. The highest BCUT2D eigenvalue weighted by Crippen LogP contribution is 2.25. The van der Waals surface area contributed by atoms with Crippen LogP contribution in [0.1, 0.15) is 47.4 Å². The number of amides is 1. The van der Waals surface area contributed by atoms with Crippen LogP contribution in [0.3, 0.4) is 0 Å². The molecular weight excluding hydrogens is 290 g/mol. The molecule has 0 atom stereocenters. The summed E-state index contributed by atoms with van der Waals surface area (Å²) in [4.78, 5) is 21.0. The molecule has 5 heteroatoms. The van der Waals surface area contributed by atoms with Gasteiger partial charge in [-0.2, -0.15) is 0 Å². The van der Waals surface area contributed by atoms with Crippen molar-refractivity contribution in [3.8, 4) is 0 Å². The van der Waals surface area contributed by atoms with E-state index in [2.05, 4.69) is 22.2 Å². The Labute approximate surface area is 136 Å². The fourth-order valence-corrected chi connectivity index (χ4v) is 2.85. The van der Waals surface area contributed by atoms with Gasteiger partial charge in [0.2, 0.25) is 0 Å². The molecule has 5 nitrogen and oxygen atoms in total. The normalized spacial score (nSPS) is 15.3. The van der Waals surface area contributed by atoms with Crippen molar-refractivity contribution in [1.29, 1.82) is 0 Å². The number of carbonyl (C=O) groups is 1. The van der Waals surface area contributed by atoms with E-state index in [1.807, 2.05) is 24.3 Å². The van der Waals surface area contributed by atoms with E-state index in [-0.39, 0.29) is 5.91 Å². The Morgan fingerprint density at radius 1 is 1.26 bits per heavy atom. The van der Waals surface area contributed by atoms with Crippen molar-refractivity contribution in [2.75, 3.05) is 18.5 Å². The third-order valence-corrected chi connectivity index (χ3v) is 4.21. The molecule has 0 unspecified atom stereocenters. The Balaban J connectivity index is 1.77. The molecule has 0 spiro atoms. The van der Waals surface area contributed by atoms with Crippen LogP contribution in [0, 0.1) is 0 Å². The molecule has 0 aliphatic carbocycles. The lowest BCUT2D eigenvalue weighted by atomic mass is 9.96. The summed E-state index contributed by atoms with van der Waals surface area (Å²) in [6.07, 6.45) is 4.23. The number of nitrogens with one attached hydrogen (secondary N) is 1. The molecule has 1 fully saturated rings. The van der Waals surface area contributed by atoms with E-state index in [1.54, 1.807) is 6.07 Å². The summed E-state index contributed by atoms with van der Waals surface area (Å²) in [5.41, 5.74) is 3.29. The van der Waals surface area contributed by atoms with Crippen molar-refractivity contribution in [2.45, 2.75) is 32.1 Å². The number of ether oxygens (including phenoxy) is 1. The maximum atomic E-state index is 12.5. The molecule has 0 bridgehead atoms. The molecule has 1 saturated heterocycles. The maximum Gasteiger partial charge on any atom is 0.274 e. The van der Waals surface area contributed by atoms with Crippen molar-refractivity contribution in [2.24, 2.45) is 0 Å². The van der Waals surface area contributed by atoms with Crippen LogP contribution in [0.2, 0.25) is 0 Å². The lowest BCUT2D eigenvalue weighted by Gasteiger charge is -2.21. The molecule has 120 valence electrons. The Morgan fingerprint density at radius 2 is 2.04 bits per heavy atom. The van der Waals surface area contributed by atoms with Crippen LogP contribution in [-0.2, 0) is 11.2 Å². The number of rotatable bonds is 4. The van der Waals surface area contributed by atoms with Gasteiger partial charge in [-0.25, -0.2) is 9.97 Å². The third-order valence-electron chi connectivity index (χ3n) is 4.21. The van der Waals surface area contributed by atoms with E-state index in [1.165, 1.54) is 6.33 Å². The number of aromatic nitrogens is 2. The van der Waals surface area contributed by atoms with Gasteiger partial charge in [-0.05, 0) is 37.0 Å². The molecule has 0 radical (unpaired) electrons. The fourth-order valence-electron chi connectivity index (χ4n) is 2.85. The molecule has 2 aromatic rings. The number of para-hydroxylation sites is 1. The minimum atomic E-state index is -0.193. The zero-order valence-electron chi connectivity index (χ0n) is 13.3. The third kappa shape index (κ3) is 3.74. The van der Waals surface area contributed by atoms with Gasteiger partial charge in [0.05, 0.1) is 0 Å². The largest absolute Gasteiger partial charge is 0.381 e. The average Bonchev–Trinajstić information content (AvgIpc) is 2.63. The first-order valence-electron chi connectivity index (χ1n) is 8.07. The van der Waals surface area contributed by atoms with E-state index >= 15 is 0 Å². The molecule has 1 aliphatic heterocycles. The number of anilines is 1. The van der Waals surface area contributed by atoms with E-state index in [9.17, 15) is 4.79 Å². The second kappa shape index (κ2) is 7.33. The van der Waals surface area contributed by atoms with Gasteiger partial charge in [-0.15, -0.1) is 0 Å². The molecule has 23 heavy (non-hydrogen) atoms. The first kappa shape index (κ1) is 15.6. The van der Waals surface area contributed by atoms with Crippen LogP contribution in [0.25, 0.3) is 0 Å². The molecule has 3 rings (SSSR count). The maximum absolute atomic E-state index is 12.5. The van der Waals surface area contributed by atoms with Gasteiger partial charge in [0.1, 0.15) is 12.0 Å². The molecule has 1 aliphatic rings. The smallest absolute Gasteiger partial charge is 0.274 e. The molecule has 1 N–H and O–H groups in total. The quantitative estimate of drug-likeness (QED) is 0.942. The van der Waals surface area contributed by atoms with Crippen molar-refractivity contribution < 1.29 is 9.53 Å². The summed E-state index contributed by atoms with van der Waals surface area (Å²) in [5, 5.41) is 2.95. The lowest BCUT2D eigenvalue weighted by molar-refractivity contribution is 0.0844. The molecule has 0 saturated carbocycles. The van der Waals surface area contributed by atoms with Crippen LogP contribution in [0.5, 0.6) is 0 Å². The van der Waals surface area contributed by atoms with E-state index in [0.717, 1.165) is 49.4 Å². The van der Waals surface area contributed by atoms with Crippen LogP contribution < -0.4 is 5.32 Å². The Hall–Kier alpha value is -2.27. The second-order valence-corrected chi connectivity index (χ2v) is 5.68. The van der Waals surface area contributed by atoms with Gasteiger partial charge in [-0.1, -0.05) is 25.1 Å². The zero-order chi connectivity index (χ0) is 16.1. The Bertz CT molecular complexity index is 681. The highest BCUT2D eigenvalue weighted by atomic mass is 16.5. The average molecular weight is 311 g/mol. The standard InChI is InChI=1S/C18H21N3O2/c1-2-13-5-3-4-6-15(13)21-18(22)17-11-16(19-12-20-17)14-7-9-23-10-8-14/h3-6,11-12,14H,2,7-10H2,1H3,(H,21,22). The van der Waals surface area contributed by atoms with Crippen LogP contribution in [0.15, 0.2) is 36.7 Å². The van der Waals surface area contributed by atoms with Crippen molar-refractivity contribution in [3.63, 3.8) is 0 Å². The second-order valence-electron chi connectivity index (χ2n) is 5.68. The van der Waals surface area contributed by atoms with E-state index in [0.29, 0.717) is 11.6 Å². The first-order chi connectivity index (χ1) is 11.3. The fraction of sp³-hybridized carbons (Fsp3) is 0.389. The van der Waals surface area contributed by atoms with Crippen molar-refractivity contribution >= 4 is 11.6 Å². The Morgan fingerprint density at radius 3 is 2.83 bits per heavy atom. The summed E-state index contributed by atoms with van der Waals surface area (Å²) in [6, 6.07) is 9.63. The molecule has 1 aromatic heterocycles. The van der Waals surface area contributed by atoms with E-state index < -0.39 is 0 Å². The minimum Gasteiger partial charge on any atom is -0.381 e. The monoisotopic (exact) mass is 311 g/mol. The predicted octanol–water partition coefficient (Wildman–Crippen LogP) is 3.19. The van der Waals surface area contributed by atoms with Gasteiger partial charge in [0, 0.05) is 30.5 Å². The first-order valence-corrected chi connectivity index (χ1v) is 8.07. The number of carbonyl (C=O) groups excluding carboxylic acids is 1. The summed E-state index contributed by atoms with van der Waals surface area (Å²) in [6.45, 7) is 3.57. The lowest BCUT2D eigenvalue weighted by Crippen LogP contribution is -2.18. The summed E-state index contributed by atoms with van der Waals surface area (Å²) in [7, 11) is 0. The SMILES string of the molecule is CCc1ccccc1NC(=O)c1cc(C2CCOCC2)ncn1. The van der Waals surface area contributed by atoms with Gasteiger partial charge in [0.25, 0.3) is 5.91 Å². The molecule has 1 aromatic carbocycles. The van der Waals surface area contributed by atoms with Crippen LogP contribution >= 0.6 is 0 Å². The highest BCUT2D eigenvalue weighted by Gasteiger charge is 2.19. The highest BCUT2D eigenvalue weighted by molar-refractivity contribution is 6.03. The zero-order valence-corrected chi connectivity index (χ0v) is 13.3. The van der Waals surface area contributed by atoms with E-state index in [4.69, 9.17) is 4.74 Å². The molecule has 1 amide bonds. The minimum absolute atomic E-state index is 0.193. The molecular formula is C18H21N3O2. The van der Waals surface area contributed by atoms with Crippen molar-refractivity contribution in [1.82, 2.24) is 9.97 Å². The Kier molecular flexibility index (Phi) is 4.98.